The maximum absolute atomic E-state index is 11.9. The Balaban J connectivity index is 1.83. The predicted molar refractivity (Wildman–Crippen MR) is 72.0 cm³/mol. The number of nitrogens with zero attached hydrogens (tertiary/aromatic N) is 2. The lowest BCUT2D eigenvalue weighted by atomic mass is 10.0. The van der Waals surface area contributed by atoms with E-state index >= 15 is 0 Å². The first-order valence-corrected chi connectivity index (χ1v) is 6.79. The van der Waals surface area contributed by atoms with Crippen LogP contribution in [0.5, 0.6) is 0 Å². The molecule has 19 heavy (non-hydrogen) atoms. The van der Waals surface area contributed by atoms with E-state index in [1.807, 2.05) is 0 Å². The molecule has 0 aromatic carbocycles. The molecule has 0 atom stereocenters. The molecule has 1 saturated heterocycles. The van der Waals surface area contributed by atoms with Crippen LogP contribution in [0.15, 0.2) is 24.5 Å². The first-order valence-electron chi connectivity index (χ1n) is 6.25. The van der Waals surface area contributed by atoms with E-state index in [4.69, 9.17) is 11.6 Å². The van der Waals surface area contributed by atoms with Gasteiger partial charge < -0.3 is 10.2 Å². The van der Waals surface area contributed by atoms with Gasteiger partial charge in [-0.3, -0.25) is 14.6 Å². The molecular weight excluding hydrogens is 266 g/mol. The van der Waals surface area contributed by atoms with E-state index < -0.39 is 0 Å². The number of pyridine rings is 1. The molecule has 1 aromatic rings. The van der Waals surface area contributed by atoms with E-state index in [1.165, 1.54) is 0 Å². The van der Waals surface area contributed by atoms with Gasteiger partial charge in [-0.25, -0.2) is 0 Å². The van der Waals surface area contributed by atoms with Gasteiger partial charge in [-0.1, -0.05) is 0 Å². The Kier molecular flexibility index (Phi) is 4.74. The quantitative estimate of drug-likeness (QED) is 0.842. The number of carbonyl (C=O) groups is 2. The predicted octanol–water partition coefficient (Wildman–Crippen LogP) is 1.04. The van der Waals surface area contributed by atoms with Crippen LogP contribution in [0.2, 0.25) is 0 Å². The highest BCUT2D eigenvalue weighted by molar-refractivity contribution is 6.27. The molecule has 0 bridgehead atoms. The third kappa shape index (κ3) is 3.67. The molecule has 0 radical (unpaired) electrons. The maximum atomic E-state index is 11.9. The number of likely N-dealkylation sites (tertiary alicyclic amines) is 1. The summed E-state index contributed by atoms with van der Waals surface area (Å²) in [6.07, 6.45) is 4.69. The van der Waals surface area contributed by atoms with Gasteiger partial charge >= 0.3 is 0 Å². The van der Waals surface area contributed by atoms with Gasteiger partial charge in [-0.15, -0.1) is 11.6 Å². The highest BCUT2D eigenvalue weighted by atomic mass is 35.5. The Bertz CT molecular complexity index is 444. The smallest absolute Gasteiger partial charge is 0.253 e. The molecule has 102 valence electrons. The lowest BCUT2D eigenvalue weighted by Gasteiger charge is -2.32. The highest BCUT2D eigenvalue weighted by Crippen LogP contribution is 2.11. The number of carbonyl (C=O) groups excluding carboxylic acids is 2. The van der Waals surface area contributed by atoms with Crippen LogP contribution in [-0.4, -0.2) is 46.7 Å². The number of nitrogens with one attached hydrogen (secondary N) is 1. The molecule has 1 aliphatic heterocycles. The molecule has 2 rings (SSSR count). The van der Waals surface area contributed by atoms with Crippen LogP contribution in [-0.2, 0) is 4.79 Å². The lowest BCUT2D eigenvalue weighted by molar-refractivity contribution is -0.129. The van der Waals surface area contributed by atoms with Crippen molar-refractivity contribution in [3.05, 3.63) is 30.1 Å². The molecule has 0 unspecified atom stereocenters. The summed E-state index contributed by atoms with van der Waals surface area (Å²) < 4.78 is 0. The summed E-state index contributed by atoms with van der Waals surface area (Å²) >= 11 is 5.52. The number of halogens is 1. The molecule has 6 heteroatoms. The van der Waals surface area contributed by atoms with E-state index in [9.17, 15) is 9.59 Å². The minimum atomic E-state index is -0.116. The van der Waals surface area contributed by atoms with E-state index in [0.717, 1.165) is 12.8 Å². The van der Waals surface area contributed by atoms with Crippen LogP contribution in [0.4, 0.5) is 0 Å². The number of rotatable bonds is 3. The van der Waals surface area contributed by atoms with Crippen LogP contribution < -0.4 is 5.32 Å². The standard InChI is InChI=1S/C13H16ClN3O2/c14-8-12(18)17-6-3-11(4-7-17)16-13(19)10-2-1-5-15-9-10/h1-2,5,9,11H,3-4,6-8H2,(H,16,19). The minimum absolute atomic E-state index is 0.0205. The number of amides is 2. The summed E-state index contributed by atoms with van der Waals surface area (Å²) in [5, 5.41) is 2.96. The van der Waals surface area contributed by atoms with Crippen molar-refractivity contribution < 1.29 is 9.59 Å². The van der Waals surface area contributed by atoms with Gasteiger partial charge in [-0.05, 0) is 25.0 Å². The van der Waals surface area contributed by atoms with Gasteiger partial charge in [0.15, 0.2) is 0 Å². The Hall–Kier alpha value is -1.62. The Labute approximate surface area is 117 Å². The van der Waals surface area contributed by atoms with E-state index in [-0.39, 0.29) is 23.7 Å². The summed E-state index contributed by atoms with van der Waals surface area (Å²) in [5.41, 5.74) is 0.557. The normalized spacial score (nSPS) is 16.2. The molecule has 0 saturated carbocycles. The Morgan fingerprint density at radius 1 is 1.42 bits per heavy atom. The minimum Gasteiger partial charge on any atom is -0.349 e. The van der Waals surface area contributed by atoms with E-state index in [2.05, 4.69) is 10.3 Å². The first-order chi connectivity index (χ1) is 9.20. The molecular formula is C13H16ClN3O2. The molecule has 2 amide bonds. The Morgan fingerprint density at radius 2 is 2.16 bits per heavy atom. The summed E-state index contributed by atoms with van der Waals surface area (Å²) in [5.74, 6) is -0.138. The van der Waals surface area contributed by atoms with Gasteiger partial charge in [0.1, 0.15) is 5.88 Å². The third-order valence-electron chi connectivity index (χ3n) is 3.22. The van der Waals surface area contributed by atoms with E-state index in [0.29, 0.717) is 18.7 Å². The number of aromatic nitrogens is 1. The maximum Gasteiger partial charge on any atom is 0.253 e. The molecule has 1 fully saturated rings. The average molecular weight is 282 g/mol. The summed E-state index contributed by atoms with van der Waals surface area (Å²) in [4.78, 5) is 29.0. The van der Waals surface area contributed by atoms with Gasteiger partial charge in [0.05, 0.1) is 5.56 Å². The van der Waals surface area contributed by atoms with Crippen molar-refractivity contribution in [1.82, 2.24) is 15.2 Å². The van der Waals surface area contributed by atoms with Crippen LogP contribution in [0.1, 0.15) is 23.2 Å². The molecule has 5 nitrogen and oxygen atoms in total. The summed E-state index contributed by atoms with van der Waals surface area (Å²) in [7, 11) is 0. The van der Waals surface area contributed by atoms with Gasteiger partial charge in [0.2, 0.25) is 5.91 Å². The molecule has 1 N–H and O–H groups in total. The third-order valence-corrected chi connectivity index (χ3v) is 3.45. The fraction of sp³-hybridized carbons (Fsp3) is 0.462. The number of hydrogen-bond donors (Lipinski definition) is 1. The second-order valence-corrected chi connectivity index (χ2v) is 4.77. The zero-order valence-corrected chi connectivity index (χ0v) is 11.3. The topological polar surface area (TPSA) is 62.3 Å². The zero-order chi connectivity index (χ0) is 13.7. The largest absolute Gasteiger partial charge is 0.349 e. The highest BCUT2D eigenvalue weighted by Gasteiger charge is 2.23. The lowest BCUT2D eigenvalue weighted by Crippen LogP contribution is -2.46. The van der Waals surface area contributed by atoms with Crippen LogP contribution >= 0.6 is 11.6 Å². The number of piperidine rings is 1. The Morgan fingerprint density at radius 3 is 2.74 bits per heavy atom. The molecule has 0 aliphatic carbocycles. The van der Waals surface area contributed by atoms with Crippen molar-refractivity contribution >= 4 is 23.4 Å². The van der Waals surface area contributed by atoms with E-state index in [1.54, 1.807) is 29.4 Å². The van der Waals surface area contributed by atoms with Gasteiger partial charge in [0.25, 0.3) is 5.91 Å². The molecule has 1 aromatic heterocycles. The summed E-state index contributed by atoms with van der Waals surface area (Å²) in [6, 6.07) is 3.57. The monoisotopic (exact) mass is 281 g/mol. The van der Waals surface area contributed by atoms with Crippen molar-refractivity contribution in [2.24, 2.45) is 0 Å². The van der Waals surface area contributed by atoms with Crippen molar-refractivity contribution in [3.8, 4) is 0 Å². The van der Waals surface area contributed by atoms with Crippen molar-refractivity contribution in [2.45, 2.75) is 18.9 Å². The van der Waals surface area contributed by atoms with Crippen molar-refractivity contribution in [1.29, 1.82) is 0 Å². The fourth-order valence-corrected chi connectivity index (χ4v) is 2.29. The van der Waals surface area contributed by atoms with Crippen LogP contribution in [0.25, 0.3) is 0 Å². The van der Waals surface area contributed by atoms with Crippen LogP contribution in [0, 0.1) is 0 Å². The molecule has 0 spiro atoms. The second-order valence-electron chi connectivity index (χ2n) is 4.50. The van der Waals surface area contributed by atoms with Crippen LogP contribution in [0.3, 0.4) is 0 Å². The number of alkyl halides is 1. The second kappa shape index (κ2) is 6.52. The molecule has 1 aliphatic rings. The zero-order valence-electron chi connectivity index (χ0n) is 10.5. The molecule has 2 heterocycles. The fourth-order valence-electron chi connectivity index (χ4n) is 2.12. The SMILES string of the molecule is O=C(NC1CCN(C(=O)CCl)CC1)c1cccnc1. The van der Waals surface area contributed by atoms with Gasteiger partial charge in [-0.2, -0.15) is 0 Å². The average Bonchev–Trinajstić information content (AvgIpc) is 2.48. The van der Waals surface area contributed by atoms with Gasteiger partial charge in [0, 0.05) is 31.5 Å². The van der Waals surface area contributed by atoms with Crippen molar-refractivity contribution in [2.75, 3.05) is 19.0 Å². The summed E-state index contributed by atoms with van der Waals surface area (Å²) in [6.45, 7) is 1.28. The van der Waals surface area contributed by atoms with Crippen molar-refractivity contribution in [3.63, 3.8) is 0 Å². The number of hydrogen-bond acceptors (Lipinski definition) is 3. The first kappa shape index (κ1) is 13.8.